The van der Waals surface area contributed by atoms with Gasteiger partial charge in [-0.25, -0.2) is 0 Å². The van der Waals surface area contributed by atoms with Crippen LogP contribution in [-0.2, 0) is 10.1 Å². The molecule has 8 heteroatoms. The lowest BCUT2D eigenvalue weighted by Crippen LogP contribution is -2.02. The van der Waals surface area contributed by atoms with Crippen molar-refractivity contribution in [3.05, 3.63) is 25.7 Å². The maximum Gasteiger partial charge on any atom is 0.297 e. The molecule has 0 aliphatic carbocycles. The summed E-state index contributed by atoms with van der Waals surface area (Å²) in [5, 5.41) is -0.797. The highest BCUT2D eigenvalue weighted by Gasteiger charge is 2.25. The van der Waals surface area contributed by atoms with Gasteiger partial charge in [0, 0.05) is 0 Å². The average Bonchev–Trinajstić information content (AvgIpc) is 2.09. The molecule has 1 N–H and O–H groups in total. The van der Waals surface area contributed by atoms with E-state index in [1.165, 1.54) is 6.92 Å². The molecule has 3 nitrogen and oxygen atoms in total. The van der Waals surface area contributed by atoms with Crippen LogP contribution < -0.4 is 0 Å². The van der Waals surface area contributed by atoms with E-state index in [1.807, 2.05) is 0 Å². The number of rotatable bonds is 1. The van der Waals surface area contributed by atoms with Gasteiger partial charge in [-0.2, -0.15) is 8.42 Å². The lowest BCUT2D eigenvalue weighted by molar-refractivity contribution is 0.483. The molecule has 0 aliphatic rings. The van der Waals surface area contributed by atoms with Crippen LogP contribution >= 0.6 is 46.4 Å². The molecule has 1 rings (SSSR count). The molecular weight excluding hydrogens is 306 g/mol. The molecule has 0 heterocycles. The average molecular weight is 310 g/mol. The fraction of sp³-hybridized carbons (Fsp3) is 0.143. The number of halogens is 4. The van der Waals surface area contributed by atoms with Crippen LogP contribution in [0.5, 0.6) is 0 Å². The Bertz CT molecular complexity index is 495. The van der Waals surface area contributed by atoms with Crippen LogP contribution in [0.1, 0.15) is 5.56 Å². The molecule has 0 aromatic heterocycles. The Morgan fingerprint density at radius 2 is 1.27 bits per heavy atom. The Labute approximate surface area is 107 Å². The van der Waals surface area contributed by atoms with E-state index in [2.05, 4.69) is 0 Å². The Morgan fingerprint density at radius 1 is 0.933 bits per heavy atom. The summed E-state index contributed by atoms with van der Waals surface area (Å²) in [6.07, 6.45) is 0. The molecule has 0 amide bonds. The summed E-state index contributed by atoms with van der Waals surface area (Å²) >= 11 is 22.7. The normalized spacial score (nSPS) is 11.9. The maximum atomic E-state index is 11.0. The van der Waals surface area contributed by atoms with E-state index in [9.17, 15) is 8.42 Å². The molecule has 0 unspecified atom stereocenters. The van der Waals surface area contributed by atoms with Gasteiger partial charge < -0.3 is 0 Å². The van der Waals surface area contributed by atoms with Gasteiger partial charge in [0.15, 0.2) is 0 Å². The summed E-state index contributed by atoms with van der Waals surface area (Å²) < 4.78 is 30.8. The minimum absolute atomic E-state index is 0.0568. The van der Waals surface area contributed by atoms with Crippen LogP contribution in [-0.4, -0.2) is 13.0 Å². The molecule has 0 saturated carbocycles. The fourth-order valence-electron chi connectivity index (χ4n) is 0.948. The van der Waals surface area contributed by atoms with Crippen molar-refractivity contribution in [2.75, 3.05) is 0 Å². The molecule has 0 saturated heterocycles. The van der Waals surface area contributed by atoms with Crippen LogP contribution in [0.15, 0.2) is 4.90 Å². The van der Waals surface area contributed by atoms with Gasteiger partial charge in [0.1, 0.15) is 4.90 Å². The van der Waals surface area contributed by atoms with Gasteiger partial charge in [-0.05, 0) is 12.5 Å². The lowest BCUT2D eigenvalue weighted by Gasteiger charge is -2.10. The lowest BCUT2D eigenvalue weighted by atomic mass is 10.2. The van der Waals surface area contributed by atoms with Crippen molar-refractivity contribution in [1.29, 1.82) is 0 Å². The predicted molar refractivity (Wildman–Crippen MR) is 61.0 cm³/mol. The highest BCUT2D eigenvalue weighted by molar-refractivity contribution is 7.86. The van der Waals surface area contributed by atoms with Crippen molar-refractivity contribution in [3.8, 4) is 0 Å². The van der Waals surface area contributed by atoms with Crippen molar-refractivity contribution < 1.29 is 13.0 Å². The SMILES string of the molecule is Cc1c(Cl)c(Cl)c(S(=O)(=O)O)c(Cl)c1Cl. The first-order chi connectivity index (χ1) is 6.68. The Morgan fingerprint density at radius 3 is 1.53 bits per heavy atom. The van der Waals surface area contributed by atoms with Gasteiger partial charge in [0.25, 0.3) is 10.1 Å². The molecule has 0 radical (unpaired) electrons. The smallest absolute Gasteiger partial charge is 0.282 e. The number of hydrogen-bond donors (Lipinski definition) is 1. The molecule has 84 valence electrons. The van der Waals surface area contributed by atoms with Crippen molar-refractivity contribution >= 4 is 56.5 Å². The Balaban J connectivity index is 3.84. The highest BCUT2D eigenvalue weighted by atomic mass is 35.5. The van der Waals surface area contributed by atoms with E-state index in [0.29, 0.717) is 5.56 Å². The van der Waals surface area contributed by atoms with Crippen LogP contribution in [0.25, 0.3) is 0 Å². The van der Waals surface area contributed by atoms with Crippen molar-refractivity contribution in [3.63, 3.8) is 0 Å². The van der Waals surface area contributed by atoms with Crippen molar-refractivity contribution in [1.82, 2.24) is 0 Å². The second-order valence-electron chi connectivity index (χ2n) is 2.69. The molecule has 0 aliphatic heterocycles. The van der Waals surface area contributed by atoms with Gasteiger partial charge >= 0.3 is 0 Å². The minimum atomic E-state index is -4.56. The Kier molecular flexibility index (Phi) is 3.81. The second-order valence-corrected chi connectivity index (χ2v) is 5.56. The molecule has 0 bridgehead atoms. The second kappa shape index (κ2) is 4.28. The fourth-order valence-corrected chi connectivity index (χ4v) is 3.25. The van der Waals surface area contributed by atoms with Crippen molar-refractivity contribution in [2.24, 2.45) is 0 Å². The predicted octanol–water partition coefficient (Wildman–Crippen LogP) is 3.86. The van der Waals surface area contributed by atoms with E-state index >= 15 is 0 Å². The van der Waals surface area contributed by atoms with Crippen LogP contribution in [0.4, 0.5) is 0 Å². The monoisotopic (exact) mass is 308 g/mol. The van der Waals surface area contributed by atoms with Crippen LogP contribution in [0.3, 0.4) is 0 Å². The molecular formula is C7H4Cl4O3S. The summed E-state index contributed by atoms with van der Waals surface area (Å²) in [4.78, 5) is -0.675. The van der Waals surface area contributed by atoms with E-state index < -0.39 is 15.0 Å². The molecule has 0 spiro atoms. The zero-order valence-corrected chi connectivity index (χ0v) is 11.0. The summed E-state index contributed by atoms with van der Waals surface area (Å²) in [5.74, 6) is 0. The van der Waals surface area contributed by atoms with Gasteiger partial charge in [-0.15, -0.1) is 0 Å². The number of benzene rings is 1. The van der Waals surface area contributed by atoms with Crippen molar-refractivity contribution in [2.45, 2.75) is 11.8 Å². The van der Waals surface area contributed by atoms with Gasteiger partial charge in [0.2, 0.25) is 0 Å². The zero-order valence-electron chi connectivity index (χ0n) is 7.18. The van der Waals surface area contributed by atoms with E-state index in [4.69, 9.17) is 51.0 Å². The largest absolute Gasteiger partial charge is 0.297 e. The first kappa shape index (κ1) is 13.4. The number of hydrogen-bond acceptors (Lipinski definition) is 2. The zero-order chi connectivity index (χ0) is 12.0. The standard InChI is InChI=1S/C7H4Cl4O3S/c1-2-3(8)5(10)7(15(12,13)14)6(11)4(2)9/h1H3,(H,12,13,14). The molecule has 1 aromatic carbocycles. The highest BCUT2D eigenvalue weighted by Crippen LogP contribution is 2.42. The van der Waals surface area contributed by atoms with Crippen LogP contribution in [0.2, 0.25) is 20.1 Å². The molecule has 0 atom stereocenters. The third kappa shape index (κ3) is 2.35. The first-order valence-corrected chi connectivity index (χ1v) is 6.43. The molecule has 0 fully saturated rings. The topological polar surface area (TPSA) is 54.4 Å². The van der Waals surface area contributed by atoms with Gasteiger partial charge in [0.05, 0.1) is 20.1 Å². The summed E-state index contributed by atoms with van der Waals surface area (Å²) in [5.41, 5.74) is 0.348. The summed E-state index contributed by atoms with van der Waals surface area (Å²) in [6.45, 7) is 1.52. The third-order valence-corrected chi connectivity index (χ3v) is 4.74. The minimum Gasteiger partial charge on any atom is -0.282 e. The molecule has 15 heavy (non-hydrogen) atoms. The quantitative estimate of drug-likeness (QED) is 0.633. The first-order valence-electron chi connectivity index (χ1n) is 3.48. The van der Waals surface area contributed by atoms with Crippen LogP contribution in [0, 0.1) is 6.92 Å². The maximum absolute atomic E-state index is 11.0. The van der Waals surface area contributed by atoms with Gasteiger partial charge in [-0.3, -0.25) is 4.55 Å². The van der Waals surface area contributed by atoms with E-state index in [0.717, 1.165) is 0 Å². The summed E-state index contributed by atoms with van der Waals surface area (Å²) in [7, 11) is -4.56. The Hall–Kier alpha value is 0.290. The summed E-state index contributed by atoms with van der Waals surface area (Å²) in [6, 6.07) is 0. The van der Waals surface area contributed by atoms with Gasteiger partial charge in [-0.1, -0.05) is 46.4 Å². The van der Waals surface area contributed by atoms with E-state index in [-0.39, 0.29) is 20.1 Å². The molecule has 1 aromatic rings. The van der Waals surface area contributed by atoms with E-state index in [1.54, 1.807) is 0 Å². The third-order valence-electron chi connectivity index (χ3n) is 1.70.